The summed E-state index contributed by atoms with van der Waals surface area (Å²) in [6.07, 6.45) is 0. The highest BCUT2D eigenvalue weighted by atomic mass is 19.1. The van der Waals surface area contributed by atoms with E-state index < -0.39 is 11.8 Å². The number of benzene rings is 1. The summed E-state index contributed by atoms with van der Waals surface area (Å²) in [5.41, 5.74) is 5.48. The van der Waals surface area contributed by atoms with Gasteiger partial charge in [-0.3, -0.25) is 9.59 Å². The van der Waals surface area contributed by atoms with Crippen LogP contribution in [0.3, 0.4) is 0 Å². The molecule has 1 atom stereocenters. The number of hydrogen-bond donors (Lipinski definition) is 2. The molecule has 80 valence electrons. The maximum atomic E-state index is 12.6. The third kappa shape index (κ3) is 3.05. The van der Waals surface area contributed by atoms with Crippen LogP contribution in [0.15, 0.2) is 24.3 Å². The van der Waals surface area contributed by atoms with Crippen molar-refractivity contribution in [1.82, 2.24) is 5.32 Å². The van der Waals surface area contributed by atoms with E-state index in [9.17, 15) is 14.0 Å². The second-order valence-corrected chi connectivity index (χ2v) is 3.11. The van der Waals surface area contributed by atoms with E-state index in [0.717, 1.165) is 0 Å². The zero-order valence-corrected chi connectivity index (χ0v) is 8.16. The molecule has 0 bridgehead atoms. The molecule has 1 unspecified atom stereocenters. The Bertz CT molecular complexity index is 376. The van der Waals surface area contributed by atoms with Gasteiger partial charge in [0.25, 0.3) is 0 Å². The fourth-order valence-corrected chi connectivity index (χ4v) is 1.10. The van der Waals surface area contributed by atoms with Crippen LogP contribution >= 0.6 is 0 Å². The summed E-state index contributed by atoms with van der Waals surface area (Å²) in [6.45, 7) is 1.67. The second kappa shape index (κ2) is 4.54. The van der Waals surface area contributed by atoms with E-state index in [-0.39, 0.29) is 11.9 Å². The number of primary amides is 1. The third-order valence-electron chi connectivity index (χ3n) is 1.94. The lowest BCUT2D eigenvalue weighted by Crippen LogP contribution is -2.37. The number of carbonyl (C=O) groups excluding carboxylic acids is 2. The van der Waals surface area contributed by atoms with Gasteiger partial charge in [0.05, 0.1) is 6.04 Å². The number of halogens is 1. The SMILES string of the molecule is CC(NC(=O)C(N)=O)c1ccc(F)cc1. The first-order valence-corrected chi connectivity index (χ1v) is 4.36. The van der Waals surface area contributed by atoms with Crippen LogP contribution in [0.25, 0.3) is 0 Å². The summed E-state index contributed by atoms with van der Waals surface area (Å²) in [5, 5.41) is 2.38. The van der Waals surface area contributed by atoms with Gasteiger partial charge in [0.2, 0.25) is 0 Å². The van der Waals surface area contributed by atoms with Crippen LogP contribution in [0, 0.1) is 5.82 Å². The minimum absolute atomic E-state index is 0.354. The van der Waals surface area contributed by atoms with E-state index >= 15 is 0 Å². The lowest BCUT2D eigenvalue weighted by Gasteiger charge is -2.12. The minimum atomic E-state index is -1.04. The molecule has 4 nitrogen and oxygen atoms in total. The van der Waals surface area contributed by atoms with Gasteiger partial charge in [0.1, 0.15) is 5.82 Å². The largest absolute Gasteiger partial charge is 0.361 e. The molecular weight excluding hydrogens is 199 g/mol. The standard InChI is InChI=1S/C10H11FN2O2/c1-6(13-10(15)9(12)14)7-2-4-8(11)5-3-7/h2-6H,1H3,(H2,12,14)(H,13,15). The van der Waals surface area contributed by atoms with Crippen molar-refractivity contribution in [3.8, 4) is 0 Å². The maximum Gasteiger partial charge on any atom is 0.309 e. The van der Waals surface area contributed by atoms with Crippen molar-refractivity contribution in [3.63, 3.8) is 0 Å². The Hall–Kier alpha value is -1.91. The van der Waals surface area contributed by atoms with Gasteiger partial charge in [-0.25, -0.2) is 4.39 Å². The van der Waals surface area contributed by atoms with Crippen LogP contribution in [0.4, 0.5) is 4.39 Å². The van der Waals surface area contributed by atoms with E-state index in [0.29, 0.717) is 5.56 Å². The average molecular weight is 210 g/mol. The Morgan fingerprint density at radius 3 is 2.33 bits per heavy atom. The summed E-state index contributed by atoms with van der Waals surface area (Å²) < 4.78 is 12.6. The van der Waals surface area contributed by atoms with Gasteiger partial charge < -0.3 is 11.1 Å². The van der Waals surface area contributed by atoms with E-state index in [4.69, 9.17) is 5.73 Å². The molecule has 1 aromatic carbocycles. The molecule has 0 heterocycles. The molecule has 0 saturated heterocycles. The predicted octanol–water partition coefficient (Wildman–Crippen LogP) is 0.488. The number of nitrogens with two attached hydrogens (primary N) is 1. The van der Waals surface area contributed by atoms with Crippen molar-refractivity contribution in [2.24, 2.45) is 5.73 Å². The lowest BCUT2D eigenvalue weighted by atomic mass is 10.1. The number of carbonyl (C=O) groups is 2. The van der Waals surface area contributed by atoms with Crippen molar-refractivity contribution < 1.29 is 14.0 Å². The zero-order valence-electron chi connectivity index (χ0n) is 8.16. The van der Waals surface area contributed by atoms with Gasteiger partial charge in [0, 0.05) is 0 Å². The first-order valence-electron chi connectivity index (χ1n) is 4.36. The van der Waals surface area contributed by atoms with E-state index in [1.165, 1.54) is 24.3 Å². The second-order valence-electron chi connectivity index (χ2n) is 3.11. The van der Waals surface area contributed by atoms with E-state index in [1.807, 2.05) is 0 Å². The van der Waals surface area contributed by atoms with Crippen LogP contribution < -0.4 is 11.1 Å². The van der Waals surface area contributed by atoms with Gasteiger partial charge in [-0.15, -0.1) is 0 Å². The van der Waals surface area contributed by atoms with Gasteiger partial charge in [0.15, 0.2) is 0 Å². The van der Waals surface area contributed by atoms with Crippen LogP contribution in [0.1, 0.15) is 18.5 Å². The lowest BCUT2D eigenvalue weighted by molar-refractivity contribution is -0.137. The molecule has 0 aromatic heterocycles. The highest BCUT2D eigenvalue weighted by molar-refractivity contribution is 6.34. The summed E-state index contributed by atoms with van der Waals surface area (Å²) >= 11 is 0. The summed E-state index contributed by atoms with van der Waals surface area (Å²) in [7, 11) is 0. The highest BCUT2D eigenvalue weighted by Crippen LogP contribution is 2.12. The molecule has 0 aliphatic heterocycles. The topological polar surface area (TPSA) is 72.2 Å². The van der Waals surface area contributed by atoms with Crippen LogP contribution in [0.2, 0.25) is 0 Å². The molecule has 0 spiro atoms. The third-order valence-corrected chi connectivity index (χ3v) is 1.94. The molecule has 1 rings (SSSR count). The number of nitrogens with one attached hydrogen (secondary N) is 1. The van der Waals surface area contributed by atoms with Crippen LogP contribution in [-0.4, -0.2) is 11.8 Å². The Morgan fingerprint density at radius 2 is 1.87 bits per heavy atom. The number of hydrogen-bond acceptors (Lipinski definition) is 2. The van der Waals surface area contributed by atoms with Crippen molar-refractivity contribution in [3.05, 3.63) is 35.6 Å². The van der Waals surface area contributed by atoms with Crippen LogP contribution in [0.5, 0.6) is 0 Å². The normalized spacial score (nSPS) is 11.9. The van der Waals surface area contributed by atoms with Gasteiger partial charge >= 0.3 is 11.8 Å². The summed E-state index contributed by atoms with van der Waals surface area (Å²) in [6, 6.07) is 5.23. The molecule has 0 radical (unpaired) electrons. The molecule has 1 aromatic rings. The fraction of sp³-hybridized carbons (Fsp3) is 0.200. The first-order chi connectivity index (χ1) is 7.00. The van der Waals surface area contributed by atoms with Gasteiger partial charge in [-0.2, -0.15) is 0 Å². The smallest absolute Gasteiger partial charge is 0.309 e. The molecule has 0 saturated carbocycles. The minimum Gasteiger partial charge on any atom is -0.361 e. The Labute approximate surface area is 86.3 Å². The maximum absolute atomic E-state index is 12.6. The Morgan fingerprint density at radius 1 is 1.33 bits per heavy atom. The summed E-state index contributed by atoms with van der Waals surface area (Å²) in [5.74, 6) is -2.25. The molecule has 2 amide bonds. The average Bonchev–Trinajstić information content (AvgIpc) is 2.18. The quantitative estimate of drug-likeness (QED) is 0.697. The van der Waals surface area contributed by atoms with Crippen molar-refractivity contribution in [2.45, 2.75) is 13.0 Å². The van der Waals surface area contributed by atoms with Gasteiger partial charge in [-0.05, 0) is 24.6 Å². The summed E-state index contributed by atoms with van der Waals surface area (Å²) in [4.78, 5) is 21.4. The molecule has 15 heavy (non-hydrogen) atoms. The first kappa shape index (κ1) is 11.2. The Balaban J connectivity index is 2.69. The van der Waals surface area contributed by atoms with Crippen molar-refractivity contribution >= 4 is 11.8 Å². The zero-order chi connectivity index (χ0) is 11.4. The number of amides is 2. The fourth-order valence-electron chi connectivity index (χ4n) is 1.10. The van der Waals surface area contributed by atoms with Crippen LogP contribution in [-0.2, 0) is 9.59 Å². The van der Waals surface area contributed by atoms with E-state index in [2.05, 4.69) is 5.32 Å². The molecule has 0 fully saturated rings. The van der Waals surface area contributed by atoms with Gasteiger partial charge in [-0.1, -0.05) is 12.1 Å². The number of rotatable bonds is 2. The van der Waals surface area contributed by atoms with E-state index in [1.54, 1.807) is 6.92 Å². The highest BCUT2D eigenvalue weighted by Gasteiger charge is 2.13. The Kier molecular flexibility index (Phi) is 3.38. The van der Waals surface area contributed by atoms with Crippen molar-refractivity contribution in [2.75, 3.05) is 0 Å². The predicted molar refractivity (Wildman–Crippen MR) is 52.2 cm³/mol. The molecule has 3 N–H and O–H groups in total. The molecule has 0 aliphatic rings. The molecular formula is C10H11FN2O2. The molecule has 5 heteroatoms. The van der Waals surface area contributed by atoms with Crippen molar-refractivity contribution in [1.29, 1.82) is 0 Å². The monoisotopic (exact) mass is 210 g/mol. The molecule has 0 aliphatic carbocycles.